The van der Waals surface area contributed by atoms with Crippen LogP contribution in [0, 0.1) is 5.41 Å². The Balaban J connectivity index is 4.53. The van der Waals surface area contributed by atoms with E-state index < -0.39 is 0 Å². The third kappa shape index (κ3) is 3.66. The summed E-state index contributed by atoms with van der Waals surface area (Å²) in [5.41, 5.74) is 6.56. The van der Waals surface area contributed by atoms with Crippen molar-refractivity contribution in [3.63, 3.8) is 0 Å². The van der Waals surface area contributed by atoms with Crippen molar-refractivity contribution < 1.29 is 0 Å². The van der Waals surface area contributed by atoms with Crippen molar-refractivity contribution in [3.05, 3.63) is 36.6 Å². The first-order valence-corrected chi connectivity index (χ1v) is 3.74. The van der Waals surface area contributed by atoms with E-state index in [1.807, 2.05) is 18.2 Å². The summed E-state index contributed by atoms with van der Waals surface area (Å²) in [5, 5.41) is 0. The van der Waals surface area contributed by atoms with Gasteiger partial charge >= 0.3 is 0 Å². The second-order valence-corrected chi connectivity index (χ2v) is 3.46. The van der Waals surface area contributed by atoms with Crippen LogP contribution in [0.4, 0.5) is 0 Å². The number of hydrogen-bond acceptors (Lipinski definition) is 1. The monoisotopic (exact) mass is 151 g/mol. The fourth-order valence-electron chi connectivity index (χ4n) is 0.783. The van der Waals surface area contributed by atoms with Gasteiger partial charge < -0.3 is 5.73 Å². The van der Waals surface area contributed by atoms with Crippen molar-refractivity contribution >= 4 is 0 Å². The maximum absolute atomic E-state index is 5.22. The molecule has 0 spiro atoms. The SMILES string of the molecule is C=C/C(=C\C=C\N)C(C)(C)C. The van der Waals surface area contributed by atoms with E-state index in [9.17, 15) is 0 Å². The van der Waals surface area contributed by atoms with Crippen LogP contribution in [0.1, 0.15) is 20.8 Å². The molecule has 0 aliphatic carbocycles. The predicted octanol–water partition coefficient (Wildman–Crippen LogP) is 2.62. The minimum Gasteiger partial charge on any atom is -0.405 e. The molecule has 0 aromatic heterocycles. The second-order valence-electron chi connectivity index (χ2n) is 3.46. The molecule has 0 aliphatic rings. The van der Waals surface area contributed by atoms with Gasteiger partial charge in [0.2, 0.25) is 0 Å². The highest BCUT2D eigenvalue weighted by Gasteiger charge is 2.12. The van der Waals surface area contributed by atoms with Crippen LogP contribution in [0.15, 0.2) is 36.6 Å². The van der Waals surface area contributed by atoms with Crippen molar-refractivity contribution in [2.24, 2.45) is 11.1 Å². The van der Waals surface area contributed by atoms with Crippen LogP contribution in [-0.2, 0) is 0 Å². The first kappa shape index (κ1) is 10.0. The van der Waals surface area contributed by atoms with E-state index in [2.05, 4.69) is 27.4 Å². The lowest BCUT2D eigenvalue weighted by atomic mass is 9.86. The number of rotatable bonds is 2. The molecule has 0 unspecified atom stereocenters. The standard InChI is InChI=1S/C10H17N/c1-5-9(7-6-8-11)10(2,3)4/h5-8H,1,11H2,2-4H3/b8-6+,9-7+. The Labute approximate surface area is 69.3 Å². The quantitative estimate of drug-likeness (QED) is 0.603. The highest BCUT2D eigenvalue weighted by atomic mass is 14.5. The average molecular weight is 151 g/mol. The van der Waals surface area contributed by atoms with E-state index in [-0.39, 0.29) is 5.41 Å². The Kier molecular flexibility index (Phi) is 3.66. The predicted molar refractivity (Wildman–Crippen MR) is 51.1 cm³/mol. The van der Waals surface area contributed by atoms with E-state index in [0.717, 1.165) is 0 Å². The Hall–Kier alpha value is -0.980. The minimum absolute atomic E-state index is 0.154. The van der Waals surface area contributed by atoms with E-state index in [1.54, 1.807) is 0 Å². The van der Waals surface area contributed by atoms with Crippen LogP contribution in [0.2, 0.25) is 0 Å². The zero-order valence-corrected chi connectivity index (χ0v) is 7.59. The molecule has 0 atom stereocenters. The van der Waals surface area contributed by atoms with E-state index in [1.165, 1.54) is 11.8 Å². The van der Waals surface area contributed by atoms with Gasteiger partial charge in [-0.15, -0.1) is 0 Å². The minimum atomic E-state index is 0.154. The molecule has 0 amide bonds. The Morgan fingerprint density at radius 3 is 2.18 bits per heavy atom. The van der Waals surface area contributed by atoms with Gasteiger partial charge in [0.15, 0.2) is 0 Å². The van der Waals surface area contributed by atoms with E-state index in [0.29, 0.717) is 0 Å². The smallest absolute Gasteiger partial charge is 0.00623 e. The molecule has 0 bridgehead atoms. The van der Waals surface area contributed by atoms with Crippen LogP contribution in [0.5, 0.6) is 0 Å². The van der Waals surface area contributed by atoms with E-state index >= 15 is 0 Å². The molecule has 0 fully saturated rings. The highest BCUT2D eigenvalue weighted by molar-refractivity contribution is 5.26. The van der Waals surface area contributed by atoms with Crippen molar-refractivity contribution in [3.8, 4) is 0 Å². The highest BCUT2D eigenvalue weighted by Crippen LogP contribution is 2.25. The summed E-state index contributed by atoms with van der Waals surface area (Å²) in [6.07, 6.45) is 7.19. The third-order valence-electron chi connectivity index (χ3n) is 1.47. The summed E-state index contributed by atoms with van der Waals surface area (Å²) in [7, 11) is 0. The van der Waals surface area contributed by atoms with Gasteiger partial charge in [-0.2, -0.15) is 0 Å². The molecule has 0 heterocycles. The summed E-state index contributed by atoms with van der Waals surface area (Å²) in [5.74, 6) is 0. The van der Waals surface area contributed by atoms with Gasteiger partial charge in [-0.3, -0.25) is 0 Å². The summed E-state index contributed by atoms with van der Waals surface area (Å²) >= 11 is 0. The molecular formula is C10H17N. The first-order chi connectivity index (χ1) is 5.02. The molecule has 1 nitrogen and oxygen atoms in total. The Bertz CT molecular complexity index is 180. The van der Waals surface area contributed by atoms with Gasteiger partial charge in [0.05, 0.1) is 0 Å². The summed E-state index contributed by atoms with van der Waals surface area (Å²) < 4.78 is 0. The summed E-state index contributed by atoms with van der Waals surface area (Å²) in [6, 6.07) is 0. The lowest BCUT2D eigenvalue weighted by Gasteiger charge is -2.19. The topological polar surface area (TPSA) is 26.0 Å². The molecule has 11 heavy (non-hydrogen) atoms. The largest absolute Gasteiger partial charge is 0.405 e. The number of allylic oxidation sites excluding steroid dienone is 4. The fraction of sp³-hybridized carbons (Fsp3) is 0.400. The van der Waals surface area contributed by atoms with Gasteiger partial charge in [0.25, 0.3) is 0 Å². The van der Waals surface area contributed by atoms with Gasteiger partial charge in [-0.1, -0.05) is 39.5 Å². The number of nitrogens with two attached hydrogens (primary N) is 1. The molecular weight excluding hydrogens is 134 g/mol. The van der Waals surface area contributed by atoms with Crippen LogP contribution in [-0.4, -0.2) is 0 Å². The maximum Gasteiger partial charge on any atom is -0.00623 e. The van der Waals surface area contributed by atoms with E-state index in [4.69, 9.17) is 5.73 Å². The molecule has 62 valence electrons. The molecule has 0 aromatic carbocycles. The van der Waals surface area contributed by atoms with Crippen molar-refractivity contribution in [2.45, 2.75) is 20.8 Å². The molecule has 2 N–H and O–H groups in total. The average Bonchev–Trinajstić information content (AvgIpc) is 1.87. The lowest BCUT2D eigenvalue weighted by Crippen LogP contribution is -2.06. The van der Waals surface area contributed by atoms with Gasteiger partial charge in [-0.05, 0) is 23.3 Å². The summed E-state index contributed by atoms with van der Waals surface area (Å²) in [4.78, 5) is 0. The Morgan fingerprint density at radius 2 is 1.91 bits per heavy atom. The molecule has 0 saturated carbocycles. The maximum atomic E-state index is 5.22. The van der Waals surface area contributed by atoms with Crippen molar-refractivity contribution in [1.82, 2.24) is 0 Å². The zero-order chi connectivity index (χ0) is 8.91. The van der Waals surface area contributed by atoms with Crippen molar-refractivity contribution in [1.29, 1.82) is 0 Å². The lowest BCUT2D eigenvalue weighted by molar-refractivity contribution is 0.517. The van der Waals surface area contributed by atoms with Crippen LogP contribution in [0.25, 0.3) is 0 Å². The molecule has 1 heteroatoms. The van der Waals surface area contributed by atoms with Crippen LogP contribution < -0.4 is 5.73 Å². The second kappa shape index (κ2) is 4.02. The normalized spacial score (nSPS) is 13.9. The summed E-state index contributed by atoms with van der Waals surface area (Å²) in [6.45, 7) is 10.2. The Morgan fingerprint density at radius 1 is 1.36 bits per heavy atom. The molecule has 0 radical (unpaired) electrons. The molecule has 0 saturated heterocycles. The first-order valence-electron chi connectivity index (χ1n) is 3.74. The van der Waals surface area contributed by atoms with Gasteiger partial charge in [0.1, 0.15) is 0 Å². The number of hydrogen-bond donors (Lipinski definition) is 1. The van der Waals surface area contributed by atoms with Crippen LogP contribution in [0.3, 0.4) is 0 Å². The molecule has 0 aliphatic heterocycles. The van der Waals surface area contributed by atoms with Crippen molar-refractivity contribution in [2.75, 3.05) is 0 Å². The zero-order valence-electron chi connectivity index (χ0n) is 7.59. The molecule has 0 rings (SSSR count). The third-order valence-corrected chi connectivity index (χ3v) is 1.47. The molecule has 0 aromatic rings. The van der Waals surface area contributed by atoms with Crippen LogP contribution >= 0.6 is 0 Å². The van der Waals surface area contributed by atoms with Gasteiger partial charge in [-0.25, -0.2) is 0 Å². The fourth-order valence-corrected chi connectivity index (χ4v) is 0.783. The van der Waals surface area contributed by atoms with Gasteiger partial charge in [0, 0.05) is 0 Å².